The summed E-state index contributed by atoms with van der Waals surface area (Å²) < 4.78 is 8.58. The first-order valence-electron chi connectivity index (χ1n) is 6.97. The molecule has 1 aliphatic rings. The summed E-state index contributed by atoms with van der Waals surface area (Å²) in [6.45, 7) is 0. The first kappa shape index (κ1) is 19.1. The van der Waals surface area contributed by atoms with E-state index in [-0.39, 0.29) is 5.91 Å². The van der Waals surface area contributed by atoms with Crippen molar-refractivity contribution < 1.29 is 9.53 Å². The Morgan fingerprint density at radius 2 is 1.80 bits per heavy atom. The van der Waals surface area contributed by atoms with Crippen molar-refractivity contribution in [2.24, 2.45) is 0 Å². The first-order chi connectivity index (χ1) is 11.9. The second kappa shape index (κ2) is 7.92. The van der Waals surface area contributed by atoms with Crippen LogP contribution in [0.3, 0.4) is 0 Å². The topological polar surface area (TPSA) is 29.5 Å². The van der Waals surface area contributed by atoms with E-state index in [1.807, 2.05) is 36.4 Å². The molecule has 2 aromatic rings. The predicted octanol–water partition coefficient (Wildman–Crippen LogP) is 6.39. The zero-order chi connectivity index (χ0) is 18.1. The van der Waals surface area contributed by atoms with Crippen molar-refractivity contribution in [2.75, 3.05) is 12.0 Å². The lowest BCUT2D eigenvalue weighted by atomic mass is 10.2. The van der Waals surface area contributed by atoms with Crippen LogP contribution in [0.2, 0.25) is 0 Å². The molecule has 0 aliphatic carbocycles. The van der Waals surface area contributed by atoms with E-state index in [4.69, 9.17) is 17.0 Å². The van der Waals surface area contributed by atoms with Crippen molar-refractivity contribution in [1.29, 1.82) is 0 Å². The number of thioether (sulfide) groups is 1. The third-order valence-corrected chi connectivity index (χ3v) is 6.28. The van der Waals surface area contributed by atoms with Crippen LogP contribution in [0.15, 0.2) is 54.7 Å². The van der Waals surface area contributed by atoms with E-state index in [9.17, 15) is 4.79 Å². The van der Waals surface area contributed by atoms with Gasteiger partial charge in [0.2, 0.25) is 0 Å². The van der Waals surface area contributed by atoms with Crippen LogP contribution in [0, 0.1) is 0 Å². The van der Waals surface area contributed by atoms with Crippen LogP contribution in [-0.2, 0) is 4.79 Å². The minimum absolute atomic E-state index is 0.143. The molecule has 0 N–H and O–H groups in total. The molecule has 1 amide bonds. The number of ether oxygens (including phenoxy) is 1. The fourth-order valence-corrected chi connectivity index (χ4v) is 5.30. The van der Waals surface area contributed by atoms with Gasteiger partial charge in [0.25, 0.3) is 5.91 Å². The predicted molar refractivity (Wildman–Crippen MR) is 118 cm³/mol. The summed E-state index contributed by atoms with van der Waals surface area (Å²) in [5.74, 6) is 0.521. The van der Waals surface area contributed by atoms with E-state index in [1.165, 1.54) is 16.7 Å². The Kier molecular flexibility index (Phi) is 6.05. The molecule has 1 aliphatic heterocycles. The summed E-state index contributed by atoms with van der Waals surface area (Å²) in [6, 6.07) is 11.3. The molecular weight excluding hydrogens is 554 g/mol. The van der Waals surface area contributed by atoms with Gasteiger partial charge in [0, 0.05) is 14.5 Å². The number of rotatable bonds is 3. The van der Waals surface area contributed by atoms with E-state index >= 15 is 0 Å². The van der Waals surface area contributed by atoms with Crippen molar-refractivity contribution in [3.63, 3.8) is 0 Å². The van der Waals surface area contributed by atoms with Gasteiger partial charge in [0.05, 0.1) is 22.2 Å². The fourth-order valence-electron chi connectivity index (χ4n) is 2.32. The Morgan fingerprint density at radius 3 is 2.44 bits per heavy atom. The van der Waals surface area contributed by atoms with Crippen LogP contribution in [0.1, 0.15) is 5.56 Å². The number of carbonyl (C=O) groups is 1. The summed E-state index contributed by atoms with van der Waals surface area (Å²) in [4.78, 5) is 14.9. The van der Waals surface area contributed by atoms with Gasteiger partial charge in [-0.25, -0.2) is 0 Å². The highest BCUT2D eigenvalue weighted by atomic mass is 79.9. The molecule has 0 spiro atoms. The monoisotopic (exact) mass is 561 g/mol. The van der Waals surface area contributed by atoms with Crippen LogP contribution in [0.5, 0.6) is 5.75 Å². The fraction of sp³-hybridized carbons (Fsp3) is 0.0588. The maximum atomic E-state index is 12.8. The van der Waals surface area contributed by atoms with Gasteiger partial charge in [-0.05, 0) is 58.4 Å². The van der Waals surface area contributed by atoms with Gasteiger partial charge >= 0.3 is 0 Å². The van der Waals surface area contributed by atoms with Crippen LogP contribution in [-0.4, -0.2) is 17.3 Å². The highest BCUT2D eigenvalue weighted by Crippen LogP contribution is 2.39. The van der Waals surface area contributed by atoms with E-state index in [0.29, 0.717) is 15.0 Å². The lowest BCUT2D eigenvalue weighted by Crippen LogP contribution is -2.27. The molecule has 2 aromatic carbocycles. The normalized spacial score (nSPS) is 16.0. The van der Waals surface area contributed by atoms with Gasteiger partial charge < -0.3 is 4.74 Å². The number of amides is 1. The van der Waals surface area contributed by atoms with Gasteiger partial charge in [-0.2, -0.15) is 0 Å². The highest BCUT2D eigenvalue weighted by Gasteiger charge is 2.33. The quantitative estimate of drug-likeness (QED) is 0.320. The largest absolute Gasteiger partial charge is 0.495 e. The lowest BCUT2D eigenvalue weighted by molar-refractivity contribution is -0.113. The summed E-state index contributed by atoms with van der Waals surface area (Å²) in [6.07, 6.45) is 1.80. The van der Waals surface area contributed by atoms with Crippen molar-refractivity contribution in [3.05, 3.63) is 60.3 Å². The number of hydrogen-bond donors (Lipinski definition) is 0. The molecule has 1 fully saturated rings. The van der Waals surface area contributed by atoms with Gasteiger partial charge in [0.15, 0.2) is 4.32 Å². The van der Waals surface area contributed by atoms with E-state index in [1.54, 1.807) is 13.2 Å². The number of halogens is 3. The third kappa shape index (κ3) is 4.03. The average molecular weight is 564 g/mol. The zero-order valence-corrected chi connectivity index (χ0v) is 19.1. The van der Waals surface area contributed by atoms with Crippen LogP contribution in [0.25, 0.3) is 6.08 Å². The van der Waals surface area contributed by atoms with Gasteiger partial charge in [0.1, 0.15) is 5.75 Å². The van der Waals surface area contributed by atoms with E-state index in [0.717, 1.165) is 24.7 Å². The number of nitrogens with zero attached hydrogens (tertiary/aromatic N) is 1. The molecule has 0 radical (unpaired) electrons. The summed E-state index contributed by atoms with van der Waals surface area (Å²) >= 11 is 17.0. The SMILES string of the molecule is COc1c(Br)cc(Br)cc1/C=C1/SC(=S)N(c2ccc(Br)cc2)C1=O. The standard InChI is InChI=1S/C17H10Br3NO2S2/c1-23-15-9(6-11(19)8-13(15)20)7-14-16(22)21(17(24)25-14)12-4-2-10(18)3-5-12/h2-8H,1H3/b14-7+. The number of methoxy groups -OCH3 is 1. The molecule has 0 saturated carbocycles. The van der Waals surface area contributed by atoms with Crippen LogP contribution >= 0.6 is 71.8 Å². The Bertz CT molecular complexity index is 898. The van der Waals surface area contributed by atoms with Gasteiger partial charge in [-0.15, -0.1) is 0 Å². The Labute approximate surface area is 180 Å². The second-order valence-electron chi connectivity index (χ2n) is 5.00. The molecule has 1 heterocycles. The zero-order valence-electron chi connectivity index (χ0n) is 12.8. The summed E-state index contributed by atoms with van der Waals surface area (Å²) in [5, 5.41) is 0. The highest BCUT2D eigenvalue weighted by molar-refractivity contribution is 9.11. The molecule has 0 bridgehead atoms. The third-order valence-electron chi connectivity index (χ3n) is 3.41. The lowest BCUT2D eigenvalue weighted by Gasteiger charge is -2.14. The maximum absolute atomic E-state index is 12.8. The molecular formula is C17H10Br3NO2S2. The molecule has 0 unspecified atom stereocenters. The van der Waals surface area contributed by atoms with Gasteiger partial charge in [-0.1, -0.05) is 55.8 Å². The van der Waals surface area contributed by atoms with Crippen molar-refractivity contribution in [3.8, 4) is 5.75 Å². The molecule has 3 rings (SSSR count). The number of hydrogen-bond acceptors (Lipinski definition) is 4. The van der Waals surface area contributed by atoms with E-state index < -0.39 is 0 Å². The Morgan fingerprint density at radius 1 is 1.12 bits per heavy atom. The summed E-state index contributed by atoms with van der Waals surface area (Å²) in [7, 11) is 1.60. The molecule has 0 aromatic heterocycles. The minimum atomic E-state index is -0.143. The Hall–Kier alpha value is -0.670. The molecule has 0 atom stereocenters. The van der Waals surface area contributed by atoms with E-state index in [2.05, 4.69) is 47.8 Å². The van der Waals surface area contributed by atoms with Crippen LogP contribution in [0.4, 0.5) is 5.69 Å². The molecule has 3 nitrogen and oxygen atoms in total. The number of anilines is 1. The number of carbonyl (C=O) groups excluding carboxylic acids is 1. The van der Waals surface area contributed by atoms with Gasteiger partial charge in [-0.3, -0.25) is 9.69 Å². The van der Waals surface area contributed by atoms with Crippen molar-refractivity contribution in [1.82, 2.24) is 0 Å². The molecule has 128 valence electrons. The Balaban J connectivity index is 2.00. The molecule has 25 heavy (non-hydrogen) atoms. The second-order valence-corrected chi connectivity index (χ2v) is 9.37. The molecule has 8 heteroatoms. The maximum Gasteiger partial charge on any atom is 0.270 e. The number of benzene rings is 2. The minimum Gasteiger partial charge on any atom is -0.495 e. The van der Waals surface area contributed by atoms with Crippen LogP contribution < -0.4 is 9.64 Å². The van der Waals surface area contributed by atoms with Crippen molar-refractivity contribution in [2.45, 2.75) is 0 Å². The smallest absolute Gasteiger partial charge is 0.270 e. The van der Waals surface area contributed by atoms with Crippen molar-refractivity contribution >= 4 is 93.8 Å². The number of thiocarbonyl (C=S) groups is 1. The molecule has 1 saturated heterocycles. The average Bonchev–Trinajstić information content (AvgIpc) is 2.82. The first-order valence-corrected chi connectivity index (χ1v) is 10.6. The summed E-state index contributed by atoms with van der Waals surface area (Å²) in [5.41, 5.74) is 1.54.